The first-order chi connectivity index (χ1) is 54.7. The normalized spacial score (nSPS) is 45.2. The summed E-state index contributed by atoms with van der Waals surface area (Å²) in [7, 11) is 21.9. The van der Waals surface area contributed by atoms with Gasteiger partial charge in [0.05, 0.1) is 71.1 Å². The van der Waals surface area contributed by atoms with E-state index in [1.165, 1.54) is 114 Å². The van der Waals surface area contributed by atoms with E-state index in [1.54, 1.807) is 6.92 Å². The van der Waals surface area contributed by atoms with Crippen molar-refractivity contribution >= 4 is 26.5 Å². The zero-order chi connectivity index (χ0) is 79.3. The molecule has 0 saturated carbocycles. The number of methoxy groups -OCH3 is 16. The molecule has 0 radical (unpaired) electrons. The van der Waals surface area contributed by atoms with E-state index in [4.69, 9.17) is 161 Å². The fraction of sp³-hybridized carbons (Fsp3) is 0.840. The average Bonchev–Trinajstić information content (AvgIpc) is 0.825. The number of aliphatic hydroxyl groups excluding tert-OH is 1. The van der Waals surface area contributed by atoms with Crippen LogP contribution in [0.5, 0.6) is 0 Å². The lowest BCUT2D eigenvalue weighted by Crippen LogP contribution is -2.69. The number of hydrogen-bond donors (Lipinski definition) is 1. The maximum atomic E-state index is 12.1. The van der Waals surface area contributed by atoms with Gasteiger partial charge in [0.2, 0.25) is 0 Å². The summed E-state index contributed by atoms with van der Waals surface area (Å²) in [4.78, 5) is 0. The highest BCUT2D eigenvalue weighted by Gasteiger charge is 2.63. The monoisotopic (exact) mass is 1640 g/mol. The Kier molecular flexibility index (Phi) is 34.2. The molecule has 35 nitrogen and oxygen atoms in total. The van der Waals surface area contributed by atoms with Crippen LogP contribution in [0, 0.1) is 0 Å². The summed E-state index contributed by atoms with van der Waals surface area (Å²) < 4.78 is 229. The number of hydrogen-bond acceptors (Lipinski definition) is 35. The van der Waals surface area contributed by atoms with Crippen molar-refractivity contribution < 1.29 is 166 Å². The first-order valence-corrected chi connectivity index (χ1v) is 41.2. The Morgan fingerprint density at radius 3 is 0.759 bits per heavy atom. The van der Waals surface area contributed by atoms with Gasteiger partial charge in [-0.15, -0.1) is 0 Å². The average molecular weight is 1640 g/mol. The molecule has 21 aliphatic rings. The molecule has 37 heteroatoms. The van der Waals surface area contributed by atoms with Crippen LogP contribution in [0.25, 0.3) is 0 Å². The second-order valence-electron chi connectivity index (χ2n) is 28.6. The molecule has 21 fully saturated rings. The van der Waals surface area contributed by atoms with E-state index in [1.807, 2.05) is 60.7 Å². The van der Waals surface area contributed by atoms with Crippen LogP contribution in [0.2, 0.25) is 0 Å². The fourth-order valence-corrected chi connectivity index (χ4v) is 20.2. The van der Waals surface area contributed by atoms with Gasteiger partial charge in [-0.1, -0.05) is 60.7 Å². The molecule has 112 heavy (non-hydrogen) atoms. The van der Waals surface area contributed by atoms with Gasteiger partial charge in [-0.25, -0.2) is 0 Å². The van der Waals surface area contributed by atoms with E-state index >= 15 is 0 Å². The fourth-order valence-electron chi connectivity index (χ4n) is 17.0. The van der Waals surface area contributed by atoms with Crippen molar-refractivity contribution in [2.24, 2.45) is 0 Å². The maximum absolute atomic E-state index is 12.1. The van der Waals surface area contributed by atoms with Gasteiger partial charge < -0.3 is 166 Å². The van der Waals surface area contributed by atoms with Gasteiger partial charge in [0, 0.05) is 114 Å². The summed E-state index contributed by atoms with van der Waals surface area (Å²) in [6.45, 7) is 1.19. The Morgan fingerprint density at radius 2 is 0.509 bits per heavy atom. The molecule has 1 N–H and O–H groups in total. The highest BCUT2D eigenvalue weighted by molar-refractivity contribution is 7.65. The standard InChI is InChI=1S/C75H118O35P2/c1-38(76)47-61-60(85-10)68(92-17)75(103-47)109-53-46-33-96-37-112(40-26-22-19-23-27-40)35-94-31-44-51(107-73(101-46)66(90-15)59(53)84-9)57(82-7)64(88-13)71(99-44)105-49-42(29-78-3)97-69(62(86-11)55(49)80-5)104-48-41(28-77-2)98-70(63(87-12)54(48)79-4)106-50-43-30-93-34-111(39-24-20-18-21-25-39)36-95-32-45-52(58(83-8)67(91-16)74(102-45)110-61)108-72(100-43)65(89-14)56(50)81-6/h18-27,38,41-76H,28-37H2,1-17H3/t38?,41-,42-,43-,44-,45-,46-,47-,48-,49-,50-,51-,52-,53-,54+,55+,56+,57+,58+,59+,60+,61-,62-,63-,64-,65-,66?,67-,68-,69-,70-,71-,72-,73-,74-,75-,111?,112?/m1/s1. The molecule has 4 unspecified atom stereocenters. The van der Waals surface area contributed by atoms with Crippen LogP contribution < -0.4 is 10.6 Å². The third kappa shape index (κ3) is 19.4. The molecule has 0 spiro atoms. The predicted octanol–water partition coefficient (Wildman–Crippen LogP) is 1.19. The summed E-state index contributed by atoms with van der Waals surface area (Å²) in [5.74, 6) is 0. The van der Waals surface area contributed by atoms with Gasteiger partial charge in [0.25, 0.3) is 0 Å². The highest BCUT2D eigenvalue weighted by atomic mass is 31.1. The molecule has 2 aromatic carbocycles. The molecule has 21 heterocycles. The molecule has 21 saturated heterocycles. The Hall–Kier alpha value is -2.10. The minimum absolute atomic E-state index is 0.0531. The van der Waals surface area contributed by atoms with E-state index in [-0.39, 0.29) is 65.0 Å². The van der Waals surface area contributed by atoms with Crippen molar-refractivity contribution in [1.82, 2.24) is 0 Å². The van der Waals surface area contributed by atoms with E-state index in [9.17, 15) is 5.11 Å². The van der Waals surface area contributed by atoms with Gasteiger partial charge in [-0.2, -0.15) is 0 Å². The van der Waals surface area contributed by atoms with Crippen molar-refractivity contribution in [1.29, 1.82) is 0 Å². The lowest BCUT2D eigenvalue weighted by atomic mass is 9.93. The molecule has 38 atom stereocenters. The molecule has 2 aromatic rings. The molecule has 21 aliphatic heterocycles. The van der Waals surface area contributed by atoms with Crippen molar-refractivity contribution in [2.45, 2.75) is 228 Å². The smallest absolute Gasteiger partial charge is 0.187 e. The zero-order valence-corrected chi connectivity index (χ0v) is 68.6. The summed E-state index contributed by atoms with van der Waals surface area (Å²) in [6.07, 6.45) is -38.5. The third-order valence-corrected chi connectivity index (χ3v) is 26.5. The molecule has 18 bridgehead atoms. The highest BCUT2D eigenvalue weighted by Crippen LogP contribution is 2.46. The third-order valence-electron chi connectivity index (χ3n) is 22.4. The van der Waals surface area contributed by atoms with Crippen molar-refractivity contribution in [3.8, 4) is 0 Å². The second-order valence-corrected chi connectivity index (χ2v) is 32.9. The van der Waals surface area contributed by atoms with Gasteiger partial charge in [0.1, 0.15) is 171 Å². The number of benzene rings is 2. The quantitative estimate of drug-likeness (QED) is 0.172. The maximum Gasteiger partial charge on any atom is 0.187 e. The van der Waals surface area contributed by atoms with Crippen LogP contribution in [0.3, 0.4) is 0 Å². The van der Waals surface area contributed by atoms with E-state index in [0.29, 0.717) is 0 Å². The lowest BCUT2D eigenvalue weighted by Gasteiger charge is -2.52. The second kappa shape index (κ2) is 42.9. The molecule has 0 aliphatic carbocycles. The Morgan fingerprint density at radius 1 is 0.286 bits per heavy atom. The molecular formula is C75H118O35P2. The van der Waals surface area contributed by atoms with Crippen LogP contribution in [0.1, 0.15) is 6.92 Å². The van der Waals surface area contributed by atoms with E-state index in [2.05, 4.69) is 0 Å². The van der Waals surface area contributed by atoms with Crippen LogP contribution in [-0.4, -0.2) is 405 Å². The van der Waals surface area contributed by atoms with E-state index < -0.39 is 237 Å². The molecule has 638 valence electrons. The summed E-state index contributed by atoms with van der Waals surface area (Å²) in [5.41, 5.74) is 0. The molecular weight excluding hydrogens is 1520 g/mol. The number of aliphatic hydroxyl groups is 1. The zero-order valence-electron chi connectivity index (χ0n) is 66.9. The first kappa shape index (κ1) is 89.2. The van der Waals surface area contributed by atoms with Gasteiger partial charge >= 0.3 is 0 Å². The van der Waals surface area contributed by atoms with Crippen molar-refractivity contribution in [3.63, 3.8) is 0 Å². The van der Waals surface area contributed by atoms with Crippen LogP contribution in [0.4, 0.5) is 0 Å². The van der Waals surface area contributed by atoms with Gasteiger partial charge in [-0.3, -0.25) is 0 Å². The summed E-state index contributed by atoms with van der Waals surface area (Å²) in [5, 5.41) is 14.1. The Balaban J connectivity index is 0.978. The number of ether oxygens (including phenoxy) is 34. The SMILES string of the molecule is COC[C@H]1O[C@@H]2O[C@H]3[C@H](OC)[C@@H](OC)[C@@H](O[C@H]4[C@H](OC)[C@@H](OC)[C@H]5O[C@H]6[C@H](OC)[C@@H](OC)[C@@H](O[C@H]7[C@H](OC)[C@@H](OC)[C@@H](O[C@H]8[C@H](OC)C(OC)[C@H]9O[C@H]%10[C@H](OC)[C@@H](OC)[C@@H](O[C@H]1[C@H](OC)[C@H]2OC)O[C@@H]%10COCP(c1ccccc1)COC[C@H]8O9)O[C@@H]7C(C)O)O[C@@H]6COCP(c1ccccc1)COC[C@H]4O5)O[C@@H]3COC. The number of rotatable bonds is 21. The summed E-state index contributed by atoms with van der Waals surface area (Å²) >= 11 is 0. The minimum atomic E-state index is -1.35. The topological polar surface area (TPSA) is 334 Å². The minimum Gasteiger partial charge on any atom is -0.391 e. The van der Waals surface area contributed by atoms with Crippen LogP contribution in [-0.2, 0) is 161 Å². The molecule has 0 amide bonds. The molecule has 23 rings (SSSR count). The van der Waals surface area contributed by atoms with E-state index in [0.717, 1.165) is 10.6 Å². The van der Waals surface area contributed by atoms with Crippen LogP contribution in [0.15, 0.2) is 60.7 Å². The molecule has 0 aromatic heterocycles. The van der Waals surface area contributed by atoms with Crippen molar-refractivity contribution in [2.75, 3.05) is 179 Å². The Bertz CT molecular complexity index is 2980. The van der Waals surface area contributed by atoms with Gasteiger partial charge in [0.15, 0.2) is 44.0 Å². The summed E-state index contributed by atoms with van der Waals surface area (Å²) in [6, 6.07) is 19.9. The van der Waals surface area contributed by atoms with Gasteiger partial charge in [-0.05, 0) is 33.4 Å². The predicted molar refractivity (Wildman–Crippen MR) is 391 cm³/mol. The van der Waals surface area contributed by atoms with Crippen LogP contribution >= 0.6 is 15.8 Å². The van der Waals surface area contributed by atoms with Crippen molar-refractivity contribution in [3.05, 3.63) is 60.7 Å². The first-order valence-electron chi connectivity index (χ1n) is 37.8. The lowest BCUT2D eigenvalue weighted by molar-refractivity contribution is -0.404. The largest absolute Gasteiger partial charge is 0.391 e. The Labute approximate surface area is 657 Å².